The molecule has 0 fully saturated rings. The van der Waals surface area contributed by atoms with Gasteiger partial charge in [-0.25, -0.2) is 13.8 Å². The van der Waals surface area contributed by atoms with Gasteiger partial charge in [-0.1, -0.05) is 0 Å². The van der Waals surface area contributed by atoms with E-state index in [-0.39, 0.29) is 0 Å². The molecule has 0 radical (unpaired) electrons. The number of nitrogens with zero attached hydrogens (tertiary/aromatic N) is 2. The minimum Gasteiger partial charge on any atom is -0.501 e. The number of hydrogen-bond donors (Lipinski definition) is 2. The van der Waals surface area contributed by atoms with Gasteiger partial charge in [0, 0.05) is 0 Å². The van der Waals surface area contributed by atoms with Crippen molar-refractivity contribution in [1.82, 2.24) is 4.98 Å². The fourth-order valence-corrected chi connectivity index (χ4v) is 0.835. The predicted octanol–water partition coefficient (Wildman–Crippen LogP) is 1.34. The van der Waals surface area contributed by atoms with E-state index in [1.54, 1.807) is 0 Å². The Morgan fingerprint density at radius 1 is 1.50 bits per heavy atom. The molecule has 0 bridgehead atoms. The molecule has 8 heteroatoms. The van der Waals surface area contributed by atoms with Crippen molar-refractivity contribution in [2.24, 2.45) is 0 Å². The predicted molar refractivity (Wildman–Crippen MR) is 39.2 cm³/mol. The van der Waals surface area contributed by atoms with Crippen LogP contribution in [0.5, 0.6) is 11.5 Å². The first kappa shape index (κ1) is 10.1. The third kappa shape index (κ3) is 1.53. The summed E-state index contributed by atoms with van der Waals surface area (Å²) in [5.41, 5.74) is -2.30. The highest BCUT2D eigenvalue weighted by atomic mass is 19.3. The van der Waals surface area contributed by atoms with Gasteiger partial charge in [0.15, 0.2) is 5.69 Å². The minimum absolute atomic E-state index is 0.485. The molecule has 0 aliphatic heterocycles. The lowest BCUT2D eigenvalue weighted by molar-refractivity contribution is -0.387. The molecule has 1 aromatic heterocycles. The summed E-state index contributed by atoms with van der Waals surface area (Å²) in [7, 11) is 0. The minimum atomic E-state index is -3.14. The molecule has 0 saturated heterocycles. The van der Waals surface area contributed by atoms with Gasteiger partial charge >= 0.3 is 5.69 Å². The van der Waals surface area contributed by atoms with Crippen LogP contribution in [-0.4, -0.2) is 20.1 Å². The highest BCUT2D eigenvalue weighted by Crippen LogP contribution is 2.39. The first-order valence-corrected chi connectivity index (χ1v) is 3.28. The summed E-state index contributed by atoms with van der Waals surface area (Å²) in [5, 5.41) is 28.1. The third-order valence-corrected chi connectivity index (χ3v) is 1.42. The molecule has 2 N–H and O–H groups in total. The van der Waals surface area contributed by atoms with Crippen molar-refractivity contribution < 1.29 is 23.9 Å². The molecular formula is C6H4F2N2O4. The van der Waals surface area contributed by atoms with E-state index in [4.69, 9.17) is 10.2 Å². The van der Waals surface area contributed by atoms with E-state index in [2.05, 4.69) is 4.98 Å². The molecule has 0 atom stereocenters. The lowest BCUT2D eigenvalue weighted by atomic mass is 10.3. The van der Waals surface area contributed by atoms with Crippen molar-refractivity contribution in [1.29, 1.82) is 0 Å². The average Bonchev–Trinajstić information content (AvgIpc) is 2.02. The summed E-state index contributed by atoms with van der Waals surface area (Å²) in [4.78, 5) is 12.0. The van der Waals surface area contributed by atoms with Crippen molar-refractivity contribution >= 4 is 5.69 Å². The zero-order chi connectivity index (χ0) is 10.9. The van der Waals surface area contributed by atoms with Gasteiger partial charge in [-0.15, -0.1) is 0 Å². The van der Waals surface area contributed by atoms with Gasteiger partial charge in [-0.05, 0) is 0 Å². The fraction of sp³-hybridized carbons (Fsp3) is 0.167. The lowest BCUT2D eigenvalue weighted by Gasteiger charge is -2.03. The number of aromatic nitrogens is 1. The summed E-state index contributed by atoms with van der Waals surface area (Å²) < 4.78 is 24.2. The summed E-state index contributed by atoms with van der Waals surface area (Å²) in [6.07, 6.45) is -2.66. The fourth-order valence-electron chi connectivity index (χ4n) is 0.835. The Labute approximate surface area is 75.6 Å². The number of aromatic hydroxyl groups is 2. The summed E-state index contributed by atoms with van der Waals surface area (Å²) in [5.74, 6) is -2.28. The molecule has 1 rings (SSSR count). The van der Waals surface area contributed by atoms with Crippen molar-refractivity contribution in [3.63, 3.8) is 0 Å². The number of halogens is 2. The topological polar surface area (TPSA) is 96.5 Å². The van der Waals surface area contributed by atoms with Gasteiger partial charge in [0.1, 0.15) is 0 Å². The van der Waals surface area contributed by atoms with Gasteiger partial charge in [0.05, 0.1) is 11.1 Å². The molecule has 1 aromatic rings. The van der Waals surface area contributed by atoms with E-state index < -0.39 is 34.2 Å². The SMILES string of the molecule is O=[N+]([O-])c1c(O)cnc(C(F)F)c1O. The zero-order valence-corrected chi connectivity index (χ0v) is 6.52. The van der Waals surface area contributed by atoms with Gasteiger partial charge in [0.2, 0.25) is 11.5 Å². The Morgan fingerprint density at radius 2 is 2.07 bits per heavy atom. The second-order valence-electron chi connectivity index (χ2n) is 2.28. The maximum Gasteiger partial charge on any atom is 0.355 e. The average molecular weight is 206 g/mol. The largest absolute Gasteiger partial charge is 0.501 e. The van der Waals surface area contributed by atoms with Gasteiger partial charge in [-0.3, -0.25) is 10.1 Å². The molecule has 1 heterocycles. The molecule has 0 aromatic carbocycles. The Kier molecular flexibility index (Phi) is 2.45. The van der Waals surface area contributed by atoms with E-state index in [1.807, 2.05) is 0 Å². The maximum atomic E-state index is 12.1. The molecule has 0 saturated carbocycles. The van der Waals surface area contributed by atoms with Crippen LogP contribution in [0.25, 0.3) is 0 Å². The van der Waals surface area contributed by atoms with Crippen LogP contribution < -0.4 is 0 Å². The van der Waals surface area contributed by atoms with Crippen LogP contribution in [0.2, 0.25) is 0 Å². The highest BCUT2D eigenvalue weighted by Gasteiger charge is 2.27. The third-order valence-electron chi connectivity index (χ3n) is 1.42. The van der Waals surface area contributed by atoms with Crippen molar-refractivity contribution in [3.05, 3.63) is 22.0 Å². The van der Waals surface area contributed by atoms with E-state index in [9.17, 15) is 18.9 Å². The van der Waals surface area contributed by atoms with Crippen LogP contribution in [-0.2, 0) is 0 Å². The summed E-state index contributed by atoms with van der Waals surface area (Å²) in [6.45, 7) is 0. The van der Waals surface area contributed by atoms with E-state index in [1.165, 1.54) is 0 Å². The monoisotopic (exact) mass is 206 g/mol. The first-order chi connectivity index (χ1) is 6.45. The first-order valence-electron chi connectivity index (χ1n) is 3.28. The Morgan fingerprint density at radius 3 is 2.50 bits per heavy atom. The van der Waals surface area contributed by atoms with Crippen LogP contribution >= 0.6 is 0 Å². The molecule has 76 valence electrons. The Bertz CT molecular complexity index is 382. The van der Waals surface area contributed by atoms with Gasteiger partial charge in [-0.2, -0.15) is 0 Å². The molecule has 6 nitrogen and oxygen atoms in total. The second kappa shape index (κ2) is 3.40. The molecule has 0 unspecified atom stereocenters. The molecule has 0 aliphatic rings. The smallest absolute Gasteiger partial charge is 0.355 e. The van der Waals surface area contributed by atoms with Crippen molar-refractivity contribution in [3.8, 4) is 11.5 Å². The standard InChI is InChI=1S/C6H4F2N2O4/c7-6(8)3-5(12)4(10(13)14)2(11)1-9-3/h1,6,11-12H. The second-order valence-corrected chi connectivity index (χ2v) is 2.28. The van der Waals surface area contributed by atoms with Crippen LogP contribution in [0.3, 0.4) is 0 Å². The van der Waals surface area contributed by atoms with Crippen LogP contribution in [0.1, 0.15) is 12.1 Å². The molecule has 14 heavy (non-hydrogen) atoms. The number of pyridine rings is 1. The van der Waals surface area contributed by atoms with Crippen LogP contribution in [0.15, 0.2) is 6.20 Å². The number of hydrogen-bond acceptors (Lipinski definition) is 5. The zero-order valence-electron chi connectivity index (χ0n) is 6.52. The molecule has 0 spiro atoms. The number of alkyl halides is 2. The van der Waals surface area contributed by atoms with Gasteiger partial charge in [0.25, 0.3) is 6.43 Å². The molecular weight excluding hydrogens is 202 g/mol. The van der Waals surface area contributed by atoms with Crippen LogP contribution in [0, 0.1) is 10.1 Å². The Balaban J connectivity index is 3.41. The maximum absolute atomic E-state index is 12.1. The van der Waals surface area contributed by atoms with E-state index in [0.717, 1.165) is 0 Å². The molecule has 0 aliphatic carbocycles. The van der Waals surface area contributed by atoms with Crippen molar-refractivity contribution in [2.75, 3.05) is 0 Å². The number of rotatable bonds is 2. The molecule has 0 amide bonds. The van der Waals surface area contributed by atoms with Crippen LogP contribution in [0.4, 0.5) is 14.5 Å². The number of nitro groups is 1. The Hall–Kier alpha value is -1.99. The van der Waals surface area contributed by atoms with E-state index in [0.29, 0.717) is 6.20 Å². The van der Waals surface area contributed by atoms with E-state index >= 15 is 0 Å². The summed E-state index contributed by atoms with van der Waals surface area (Å²) in [6, 6.07) is 0. The quantitative estimate of drug-likeness (QED) is 0.562. The highest BCUT2D eigenvalue weighted by molar-refractivity contribution is 5.56. The van der Waals surface area contributed by atoms with Crippen molar-refractivity contribution in [2.45, 2.75) is 6.43 Å². The lowest BCUT2D eigenvalue weighted by Crippen LogP contribution is -1.96. The normalized spacial score (nSPS) is 10.5. The summed E-state index contributed by atoms with van der Waals surface area (Å²) >= 11 is 0. The van der Waals surface area contributed by atoms with Gasteiger partial charge < -0.3 is 10.2 Å².